The second-order valence-electron chi connectivity index (χ2n) is 2.74. The van der Waals surface area contributed by atoms with E-state index in [0.717, 1.165) is 17.7 Å². The molecule has 0 aromatic carbocycles. The molecular formula is C10H17NOS. The van der Waals surface area contributed by atoms with E-state index in [1.165, 1.54) is 0 Å². The van der Waals surface area contributed by atoms with Gasteiger partial charge in [0.2, 0.25) is 0 Å². The molecule has 0 saturated carbocycles. The summed E-state index contributed by atoms with van der Waals surface area (Å²) in [7, 11) is 1.09. The molecule has 1 N–H and O–H groups in total. The highest BCUT2D eigenvalue weighted by Crippen LogP contribution is 2.04. The molecule has 0 aromatic rings. The Hall–Kier alpha value is -0.830. The van der Waals surface area contributed by atoms with Crippen LogP contribution in [0, 0.1) is 0 Å². The summed E-state index contributed by atoms with van der Waals surface area (Å²) in [6.45, 7) is 7.51. The fourth-order valence-electron chi connectivity index (χ4n) is 0.800. The first-order valence-corrected chi connectivity index (χ1v) is 5.82. The summed E-state index contributed by atoms with van der Waals surface area (Å²) in [6.07, 6.45) is 6.11. The lowest BCUT2D eigenvalue weighted by molar-refractivity contribution is 0.686. The van der Waals surface area contributed by atoms with Crippen molar-refractivity contribution in [3.8, 4) is 0 Å². The zero-order valence-electron chi connectivity index (χ0n) is 8.30. The highest BCUT2D eigenvalue weighted by atomic mass is 32.2. The zero-order valence-corrected chi connectivity index (χ0v) is 9.12. The largest absolute Gasteiger partial charge is 0.388 e. The SMILES string of the molecule is C=C/C(=C\C(=C)CCS(C)=O)NC. The molecule has 2 nitrogen and oxygen atoms in total. The standard InChI is InChI=1S/C10H17NOS/c1-5-10(11-3)8-9(2)6-7-13(4)12/h5,8,11H,1-2,6-7H2,3-4H3/b10-8+. The lowest BCUT2D eigenvalue weighted by Crippen LogP contribution is -2.03. The van der Waals surface area contributed by atoms with E-state index in [1.54, 1.807) is 12.3 Å². The average Bonchev–Trinajstić information content (AvgIpc) is 2.10. The number of likely N-dealkylation sites (N-methyl/N-ethyl adjacent to an activating group) is 1. The van der Waals surface area contributed by atoms with Gasteiger partial charge in [-0.2, -0.15) is 0 Å². The van der Waals surface area contributed by atoms with Crippen molar-refractivity contribution < 1.29 is 4.21 Å². The Bertz CT molecular complexity index is 243. The van der Waals surface area contributed by atoms with Crippen LogP contribution in [0.1, 0.15) is 6.42 Å². The molecule has 0 aliphatic heterocycles. The maximum Gasteiger partial charge on any atom is 0.0334 e. The topological polar surface area (TPSA) is 29.1 Å². The smallest absolute Gasteiger partial charge is 0.0334 e. The zero-order chi connectivity index (χ0) is 10.3. The molecular weight excluding hydrogens is 182 g/mol. The van der Waals surface area contributed by atoms with E-state index in [4.69, 9.17) is 0 Å². The average molecular weight is 199 g/mol. The first kappa shape index (κ1) is 12.2. The summed E-state index contributed by atoms with van der Waals surface area (Å²) in [4.78, 5) is 0. The Morgan fingerprint density at radius 3 is 2.62 bits per heavy atom. The van der Waals surface area contributed by atoms with Crippen LogP contribution >= 0.6 is 0 Å². The Kier molecular flexibility index (Phi) is 6.24. The van der Waals surface area contributed by atoms with Crippen molar-refractivity contribution in [2.75, 3.05) is 19.1 Å². The normalized spacial score (nSPS) is 13.5. The fraction of sp³-hybridized carbons (Fsp3) is 0.400. The highest BCUT2D eigenvalue weighted by molar-refractivity contribution is 7.84. The molecule has 0 amide bonds. The molecule has 74 valence electrons. The van der Waals surface area contributed by atoms with Crippen LogP contribution in [0.2, 0.25) is 0 Å². The van der Waals surface area contributed by atoms with Crippen LogP contribution in [0.25, 0.3) is 0 Å². The number of hydrogen-bond acceptors (Lipinski definition) is 2. The van der Waals surface area contributed by atoms with Crippen molar-refractivity contribution in [3.63, 3.8) is 0 Å². The molecule has 0 radical (unpaired) electrons. The lowest BCUT2D eigenvalue weighted by Gasteiger charge is -2.02. The van der Waals surface area contributed by atoms with E-state index >= 15 is 0 Å². The van der Waals surface area contributed by atoms with Gasteiger partial charge in [-0.05, 0) is 18.6 Å². The lowest BCUT2D eigenvalue weighted by atomic mass is 10.2. The van der Waals surface area contributed by atoms with Crippen LogP contribution in [-0.4, -0.2) is 23.3 Å². The summed E-state index contributed by atoms with van der Waals surface area (Å²) >= 11 is 0. The minimum Gasteiger partial charge on any atom is -0.388 e. The molecule has 0 aliphatic carbocycles. The van der Waals surface area contributed by atoms with Crippen LogP contribution in [0.4, 0.5) is 0 Å². The van der Waals surface area contributed by atoms with Gasteiger partial charge in [0.25, 0.3) is 0 Å². The van der Waals surface area contributed by atoms with Gasteiger partial charge in [-0.25, -0.2) is 0 Å². The Balaban J connectivity index is 4.04. The number of allylic oxidation sites excluding steroid dienone is 3. The summed E-state index contributed by atoms with van der Waals surface area (Å²) in [5.41, 5.74) is 1.91. The Labute approximate surface area is 82.9 Å². The van der Waals surface area contributed by atoms with Crippen molar-refractivity contribution in [1.82, 2.24) is 5.32 Å². The molecule has 3 heteroatoms. The van der Waals surface area contributed by atoms with Crippen LogP contribution in [0.15, 0.2) is 36.6 Å². The first-order valence-electron chi connectivity index (χ1n) is 4.09. The van der Waals surface area contributed by atoms with Gasteiger partial charge in [0.05, 0.1) is 0 Å². The monoisotopic (exact) mass is 199 g/mol. The van der Waals surface area contributed by atoms with Gasteiger partial charge in [-0.15, -0.1) is 0 Å². The fourth-order valence-corrected chi connectivity index (χ4v) is 1.35. The van der Waals surface area contributed by atoms with E-state index < -0.39 is 10.8 Å². The molecule has 0 fully saturated rings. The van der Waals surface area contributed by atoms with Crippen molar-refractivity contribution >= 4 is 10.8 Å². The predicted octanol–water partition coefficient (Wildman–Crippen LogP) is 1.60. The third-order valence-corrected chi connectivity index (χ3v) is 2.36. The molecule has 0 heterocycles. The Morgan fingerprint density at radius 2 is 2.23 bits per heavy atom. The van der Waals surface area contributed by atoms with Crippen molar-refractivity contribution in [2.45, 2.75) is 6.42 Å². The van der Waals surface area contributed by atoms with Crippen molar-refractivity contribution in [2.24, 2.45) is 0 Å². The second-order valence-corrected chi connectivity index (χ2v) is 4.29. The third kappa shape index (κ3) is 6.34. The van der Waals surface area contributed by atoms with Gasteiger partial charge in [0, 0.05) is 35.6 Å². The minimum absolute atomic E-state index is 0.670. The third-order valence-electron chi connectivity index (χ3n) is 1.58. The van der Waals surface area contributed by atoms with E-state index in [-0.39, 0.29) is 0 Å². The summed E-state index contributed by atoms with van der Waals surface area (Å²) in [5.74, 6) is 0.670. The predicted molar refractivity (Wildman–Crippen MR) is 60.0 cm³/mol. The molecule has 0 aromatic heterocycles. The summed E-state index contributed by atoms with van der Waals surface area (Å²) < 4.78 is 10.8. The van der Waals surface area contributed by atoms with Gasteiger partial charge in [-0.3, -0.25) is 4.21 Å². The quantitative estimate of drug-likeness (QED) is 0.658. The van der Waals surface area contributed by atoms with Crippen LogP contribution in [-0.2, 0) is 10.8 Å². The van der Waals surface area contributed by atoms with Gasteiger partial charge >= 0.3 is 0 Å². The minimum atomic E-state index is -0.741. The second kappa shape index (κ2) is 6.66. The number of nitrogens with one attached hydrogen (secondary N) is 1. The highest BCUT2D eigenvalue weighted by Gasteiger charge is 1.94. The van der Waals surface area contributed by atoms with Gasteiger partial charge in [-0.1, -0.05) is 18.7 Å². The van der Waals surface area contributed by atoms with E-state index in [9.17, 15) is 4.21 Å². The summed E-state index contributed by atoms with van der Waals surface area (Å²) in [5, 5.41) is 2.98. The van der Waals surface area contributed by atoms with E-state index in [0.29, 0.717) is 5.75 Å². The maximum absolute atomic E-state index is 10.8. The maximum atomic E-state index is 10.8. The van der Waals surface area contributed by atoms with Gasteiger partial charge in [0.15, 0.2) is 0 Å². The summed E-state index contributed by atoms with van der Waals surface area (Å²) in [6, 6.07) is 0. The van der Waals surface area contributed by atoms with E-state index in [2.05, 4.69) is 18.5 Å². The van der Waals surface area contributed by atoms with Crippen molar-refractivity contribution in [3.05, 3.63) is 36.6 Å². The number of hydrogen-bond donors (Lipinski definition) is 1. The molecule has 0 saturated heterocycles. The molecule has 0 spiro atoms. The molecule has 1 unspecified atom stereocenters. The van der Waals surface area contributed by atoms with Gasteiger partial charge in [0.1, 0.15) is 0 Å². The molecule has 0 rings (SSSR count). The first-order chi connectivity index (χ1) is 6.10. The van der Waals surface area contributed by atoms with Crippen LogP contribution in [0.3, 0.4) is 0 Å². The molecule has 0 aliphatic rings. The Morgan fingerprint density at radius 1 is 1.62 bits per heavy atom. The molecule has 13 heavy (non-hydrogen) atoms. The number of rotatable bonds is 6. The van der Waals surface area contributed by atoms with Crippen molar-refractivity contribution in [1.29, 1.82) is 0 Å². The molecule has 0 bridgehead atoms. The van der Waals surface area contributed by atoms with E-state index in [1.807, 2.05) is 13.1 Å². The molecule has 1 atom stereocenters. The van der Waals surface area contributed by atoms with Gasteiger partial charge < -0.3 is 5.32 Å². The van der Waals surface area contributed by atoms with Crippen LogP contribution < -0.4 is 5.32 Å². The van der Waals surface area contributed by atoms with Crippen LogP contribution in [0.5, 0.6) is 0 Å².